The fraction of sp³-hybridized carbons (Fsp3) is 0.467. The SMILES string of the molecule is CCCNC(C)C(C)Sc1cc2ccccc2[nH]1. The molecule has 2 unspecified atom stereocenters. The summed E-state index contributed by atoms with van der Waals surface area (Å²) in [5.74, 6) is 0. The number of hydrogen-bond donors (Lipinski definition) is 2. The van der Waals surface area contributed by atoms with E-state index in [1.165, 1.54) is 22.3 Å². The monoisotopic (exact) mass is 262 g/mol. The van der Waals surface area contributed by atoms with Gasteiger partial charge in [-0.2, -0.15) is 0 Å². The van der Waals surface area contributed by atoms with Crippen molar-refractivity contribution in [2.75, 3.05) is 6.54 Å². The van der Waals surface area contributed by atoms with E-state index in [9.17, 15) is 0 Å². The third-order valence-corrected chi connectivity index (χ3v) is 4.49. The maximum Gasteiger partial charge on any atom is 0.0735 e. The minimum absolute atomic E-state index is 0.529. The van der Waals surface area contributed by atoms with Gasteiger partial charge in [-0.25, -0.2) is 0 Å². The summed E-state index contributed by atoms with van der Waals surface area (Å²) in [5.41, 5.74) is 1.22. The second-order valence-electron chi connectivity index (χ2n) is 4.79. The van der Waals surface area contributed by atoms with Gasteiger partial charge in [-0.05, 0) is 32.0 Å². The van der Waals surface area contributed by atoms with Crippen molar-refractivity contribution in [1.82, 2.24) is 10.3 Å². The molecule has 18 heavy (non-hydrogen) atoms. The number of aromatic amines is 1. The molecule has 2 rings (SSSR count). The number of hydrogen-bond acceptors (Lipinski definition) is 2. The van der Waals surface area contributed by atoms with Crippen LogP contribution in [-0.4, -0.2) is 22.8 Å². The number of aromatic nitrogens is 1. The van der Waals surface area contributed by atoms with Crippen LogP contribution < -0.4 is 5.32 Å². The van der Waals surface area contributed by atoms with Crippen molar-refractivity contribution < 1.29 is 0 Å². The van der Waals surface area contributed by atoms with E-state index in [1.807, 2.05) is 11.8 Å². The van der Waals surface area contributed by atoms with Gasteiger partial charge in [0.25, 0.3) is 0 Å². The molecule has 0 aliphatic carbocycles. The molecule has 0 fully saturated rings. The van der Waals surface area contributed by atoms with Crippen molar-refractivity contribution in [2.45, 2.75) is 43.5 Å². The summed E-state index contributed by atoms with van der Waals surface area (Å²) in [6.07, 6.45) is 1.19. The number of H-pyrrole nitrogens is 1. The highest BCUT2D eigenvalue weighted by Crippen LogP contribution is 2.27. The molecule has 1 heterocycles. The average molecular weight is 262 g/mol. The Morgan fingerprint density at radius 2 is 2.06 bits per heavy atom. The lowest BCUT2D eigenvalue weighted by molar-refractivity contribution is 0.542. The fourth-order valence-corrected chi connectivity index (χ4v) is 3.02. The van der Waals surface area contributed by atoms with E-state index in [0.29, 0.717) is 11.3 Å². The van der Waals surface area contributed by atoms with Crippen LogP contribution in [-0.2, 0) is 0 Å². The standard InChI is InChI=1S/C15H22N2S/c1-4-9-16-11(2)12(3)18-15-10-13-7-5-6-8-14(13)17-15/h5-8,10-12,16-17H,4,9H2,1-3H3. The lowest BCUT2D eigenvalue weighted by Crippen LogP contribution is -2.34. The molecule has 0 saturated heterocycles. The number of benzene rings is 1. The van der Waals surface area contributed by atoms with Crippen LogP contribution in [0.4, 0.5) is 0 Å². The van der Waals surface area contributed by atoms with E-state index >= 15 is 0 Å². The molecule has 2 N–H and O–H groups in total. The first-order chi connectivity index (χ1) is 8.70. The molecule has 0 aliphatic rings. The molecular weight excluding hydrogens is 240 g/mol. The molecule has 1 aromatic carbocycles. The van der Waals surface area contributed by atoms with E-state index < -0.39 is 0 Å². The molecule has 1 aromatic heterocycles. The minimum atomic E-state index is 0.529. The third kappa shape index (κ3) is 3.30. The molecule has 0 radical (unpaired) electrons. The van der Waals surface area contributed by atoms with Gasteiger partial charge >= 0.3 is 0 Å². The first-order valence-electron chi connectivity index (χ1n) is 6.68. The van der Waals surface area contributed by atoms with Crippen LogP contribution in [0.2, 0.25) is 0 Å². The van der Waals surface area contributed by atoms with Crippen molar-refractivity contribution in [3.63, 3.8) is 0 Å². The number of para-hydroxylation sites is 1. The van der Waals surface area contributed by atoms with Gasteiger partial charge in [0.2, 0.25) is 0 Å². The molecule has 98 valence electrons. The maximum absolute atomic E-state index is 3.55. The van der Waals surface area contributed by atoms with E-state index in [2.05, 4.69) is 61.4 Å². The van der Waals surface area contributed by atoms with E-state index in [1.54, 1.807) is 0 Å². The summed E-state index contributed by atoms with van der Waals surface area (Å²) in [5, 5.41) is 6.66. The maximum atomic E-state index is 3.55. The molecule has 0 amide bonds. The van der Waals surface area contributed by atoms with Crippen molar-refractivity contribution >= 4 is 22.7 Å². The Bertz CT molecular complexity index is 459. The highest BCUT2D eigenvalue weighted by Gasteiger charge is 2.13. The van der Waals surface area contributed by atoms with Gasteiger partial charge in [0.1, 0.15) is 0 Å². The zero-order valence-electron chi connectivity index (χ0n) is 11.4. The van der Waals surface area contributed by atoms with Crippen molar-refractivity contribution in [3.05, 3.63) is 30.3 Å². The van der Waals surface area contributed by atoms with Gasteiger partial charge in [-0.15, -0.1) is 11.8 Å². The molecule has 3 heteroatoms. The Morgan fingerprint density at radius 3 is 2.78 bits per heavy atom. The van der Waals surface area contributed by atoms with Gasteiger partial charge in [0, 0.05) is 22.2 Å². The van der Waals surface area contributed by atoms with Crippen LogP contribution in [0.1, 0.15) is 27.2 Å². The first kappa shape index (κ1) is 13.5. The minimum Gasteiger partial charge on any atom is -0.350 e. The highest BCUT2D eigenvalue weighted by atomic mass is 32.2. The van der Waals surface area contributed by atoms with Gasteiger partial charge in [0.05, 0.1) is 5.03 Å². The van der Waals surface area contributed by atoms with E-state index in [-0.39, 0.29) is 0 Å². The van der Waals surface area contributed by atoms with Crippen molar-refractivity contribution in [1.29, 1.82) is 0 Å². The summed E-state index contributed by atoms with van der Waals surface area (Å²) in [7, 11) is 0. The normalized spacial score (nSPS) is 14.8. The van der Waals surface area contributed by atoms with Crippen LogP contribution in [0.3, 0.4) is 0 Å². The van der Waals surface area contributed by atoms with Gasteiger partial charge in [-0.1, -0.05) is 32.0 Å². The van der Waals surface area contributed by atoms with Gasteiger partial charge in [-0.3, -0.25) is 0 Å². The Hall–Kier alpha value is -0.930. The van der Waals surface area contributed by atoms with Crippen LogP contribution in [0.15, 0.2) is 35.4 Å². The number of thioether (sulfide) groups is 1. The summed E-state index contributed by atoms with van der Waals surface area (Å²) >= 11 is 1.91. The molecule has 0 saturated carbocycles. The Morgan fingerprint density at radius 1 is 1.28 bits per heavy atom. The first-order valence-corrected chi connectivity index (χ1v) is 7.56. The molecule has 2 atom stereocenters. The Balaban J connectivity index is 1.99. The van der Waals surface area contributed by atoms with Crippen LogP contribution in [0, 0.1) is 0 Å². The summed E-state index contributed by atoms with van der Waals surface area (Å²) < 4.78 is 0. The number of fused-ring (bicyclic) bond motifs is 1. The Labute approximate surface area is 114 Å². The fourth-order valence-electron chi connectivity index (χ4n) is 1.95. The third-order valence-electron chi connectivity index (χ3n) is 3.24. The molecule has 2 aromatic rings. The van der Waals surface area contributed by atoms with Crippen LogP contribution in [0.25, 0.3) is 10.9 Å². The molecule has 2 nitrogen and oxygen atoms in total. The van der Waals surface area contributed by atoms with E-state index in [0.717, 1.165) is 6.54 Å². The number of nitrogens with one attached hydrogen (secondary N) is 2. The van der Waals surface area contributed by atoms with Crippen molar-refractivity contribution in [3.8, 4) is 0 Å². The lowest BCUT2D eigenvalue weighted by Gasteiger charge is -2.19. The molecule has 0 aliphatic heterocycles. The van der Waals surface area contributed by atoms with Gasteiger partial charge < -0.3 is 10.3 Å². The average Bonchev–Trinajstić information content (AvgIpc) is 2.77. The molecular formula is C15H22N2S. The zero-order chi connectivity index (χ0) is 13.0. The molecule has 0 spiro atoms. The smallest absolute Gasteiger partial charge is 0.0735 e. The second-order valence-corrected chi connectivity index (χ2v) is 6.21. The molecule has 0 bridgehead atoms. The largest absolute Gasteiger partial charge is 0.350 e. The summed E-state index contributed by atoms with van der Waals surface area (Å²) in [6, 6.07) is 11.2. The number of rotatable bonds is 6. The quantitative estimate of drug-likeness (QED) is 0.769. The van der Waals surface area contributed by atoms with Crippen LogP contribution in [0.5, 0.6) is 0 Å². The van der Waals surface area contributed by atoms with Crippen LogP contribution >= 0.6 is 11.8 Å². The van der Waals surface area contributed by atoms with Gasteiger partial charge in [0.15, 0.2) is 0 Å². The summed E-state index contributed by atoms with van der Waals surface area (Å²) in [6.45, 7) is 7.84. The summed E-state index contributed by atoms with van der Waals surface area (Å²) in [4.78, 5) is 3.47. The zero-order valence-corrected chi connectivity index (χ0v) is 12.2. The predicted octanol–water partition coefficient (Wildman–Crippen LogP) is 4.04. The predicted molar refractivity (Wildman–Crippen MR) is 81.4 cm³/mol. The van der Waals surface area contributed by atoms with E-state index in [4.69, 9.17) is 0 Å². The topological polar surface area (TPSA) is 27.8 Å². The Kier molecular flexibility index (Phi) is 4.72. The second kappa shape index (κ2) is 6.30. The van der Waals surface area contributed by atoms with Crippen molar-refractivity contribution in [2.24, 2.45) is 0 Å². The highest BCUT2D eigenvalue weighted by molar-refractivity contribution is 7.99. The lowest BCUT2D eigenvalue weighted by atomic mass is 10.2.